The van der Waals surface area contributed by atoms with Crippen molar-refractivity contribution >= 4 is 22.6 Å². The van der Waals surface area contributed by atoms with Crippen molar-refractivity contribution in [3.8, 4) is 0 Å². The Bertz CT molecular complexity index is 941. The summed E-state index contributed by atoms with van der Waals surface area (Å²) < 4.78 is 52.8. The minimum absolute atomic E-state index is 0.285. The smallest absolute Gasteiger partial charge is 0.378 e. The van der Waals surface area contributed by atoms with Gasteiger partial charge in [-0.1, -0.05) is 26.0 Å². The van der Waals surface area contributed by atoms with Crippen LogP contribution >= 0.6 is 0 Å². The van der Waals surface area contributed by atoms with Crippen molar-refractivity contribution < 1.29 is 22.2 Å². The number of alkyl halides is 3. The molecule has 2 atom stereocenters. The largest absolute Gasteiger partial charge is 0.416 e. The summed E-state index contributed by atoms with van der Waals surface area (Å²) in [5.74, 6) is -0.431. The van der Waals surface area contributed by atoms with Crippen LogP contribution in [0.15, 0.2) is 42.5 Å². The van der Waals surface area contributed by atoms with Crippen LogP contribution in [0.2, 0.25) is 0 Å². The third-order valence-corrected chi connectivity index (χ3v) is 5.38. The molecule has 4 nitrogen and oxygen atoms in total. The van der Waals surface area contributed by atoms with E-state index in [1.54, 1.807) is 24.3 Å². The Hall–Kier alpha value is -2.35. The Kier molecular flexibility index (Phi) is 5.27. The summed E-state index contributed by atoms with van der Waals surface area (Å²) in [6, 6.07) is 10.2. The van der Waals surface area contributed by atoms with Crippen LogP contribution in [-0.4, -0.2) is 16.4 Å². The number of nitrogens with one attached hydrogen (secondary N) is 2. The molecule has 0 saturated carbocycles. The topological polar surface area (TPSA) is 58.2 Å². The SMILES string of the molecule is CS(=O)NC(=O)c1ccc2c(c1)C(C)(C)CC(c1cccc(C(F)(F)F)c1)N2. The Morgan fingerprint density at radius 1 is 1.21 bits per heavy atom. The van der Waals surface area contributed by atoms with E-state index in [2.05, 4.69) is 10.0 Å². The summed E-state index contributed by atoms with van der Waals surface area (Å²) in [6.07, 6.45) is -2.45. The summed E-state index contributed by atoms with van der Waals surface area (Å²) in [7, 11) is -1.46. The third kappa shape index (κ3) is 4.22. The number of amides is 1. The van der Waals surface area contributed by atoms with Gasteiger partial charge in [0.05, 0.1) is 11.6 Å². The first kappa shape index (κ1) is 20.4. The van der Waals surface area contributed by atoms with Gasteiger partial charge in [0.1, 0.15) is 11.0 Å². The van der Waals surface area contributed by atoms with Crippen molar-refractivity contribution in [3.63, 3.8) is 0 Å². The molecule has 0 bridgehead atoms. The second-order valence-electron chi connectivity index (χ2n) is 7.55. The van der Waals surface area contributed by atoms with E-state index in [1.807, 2.05) is 13.8 Å². The van der Waals surface area contributed by atoms with Crippen LogP contribution in [0.5, 0.6) is 0 Å². The Morgan fingerprint density at radius 2 is 1.93 bits per heavy atom. The minimum Gasteiger partial charge on any atom is -0.378 e. The lowest BCUT2D eigenvalue weighted by atomic mass is 9.73. The first-order valence-corrected chi connectivity index (χ1v) is 10.3. The molecule has 2 unspecified atom stereocenters. The van der Waals surface area contributed by atoms with Crippen LogP contribution in [0.25, 0.3) is 0 Å². The van der Waals surface area contributed by atoms with Crippen LogP contribution in [0.4, 0.5) is 18.9 Å². The predicted octanol–water partition coefficient (Wildman–Crippen LogP) is 4.56. The average molecular weight is 410 g/mol. The number of rotatable bonds is 3. The fourth-order valence-electron chi connectivity index (χ4n) is 3.55. The van der Waals surface area contributed by atoms with E-state index in [0.29, 0.717) is 17.5 Å². The van der Waals surface area contributed by atoms with Gasteiger partial charge in [-0.3, -0.25) is 9.52 Å². The van der Waals surface area contributed by atoms with Crippen LogP contribution in [0, 0.1) is 0 Å². The molecule has 0 aliphatic carbocycles. The lowest BCUT2D eigenvalue weighted by Gasteiger charge is -2.39. The fraction of sp³-hybridized carbons (Fsp3) is 0.350. The highest BCUT2D eigenvalue weighted by molar-refractivity contribution is 7.82. The molecule has 8 heteroatoms. The van der Waals surface area contributed by atoms with E-state index in [-0.39, 0.29) is 11.5 Å². The maximum atomic E-state index is 13.1. The molecule has 0 aromatic heterocycles. The van der Waals surface area contributed by atoms with Gasteiger partial charge in [0.25, 0.3) is 5.91 Å². The lowest BCUT2D eigenvalue weighted by Crippen LogP contribution is -2.32. The van der Waals surface area contributed by atoms with E-state index in [9.17, 15) is 22.2 Å². The second-order valence-corrected chi connectivity index (χ2v) is 8.67. The highest BCUT2D eigenvalue weighted by Crippen LogP contribution is 2.45. The van der Waals surface area contributed by atoms with Gasteiger partial charge in [-0.05, 0) is 53.3 Å². The van der Waals surface area contributed by atoms with Crippen molar-refractivity contribution in [2.24, 2.45) is 0 Å². The minimum atomic E-state index is -4.39. The quantitative estimate of drug-likeness (QED) is 0.780. The second kappa shape index (κ2) is 7.24. The van der Waals surface area contributed by atoms with Gasteiger partial charge in [-0.25, -0.2) is 4.21 Å². The third-order valence-electron chi connectivity index (χ3n) is 4.91. The number of carbonyl (C=O) groups excluding carboxylic acids is 1. The number of hydrogen-bond acceptors (Lipinski definition) is 3. The molecule has 1 heterocycles. The van der Waals surface area contributed by atoms with Crippen LogP contribution in [0.3, 0.4) is 0 Å². The molecule has 1 aliphatic rings. The number of anilines is 1. The molecule has 28 heavy (non-hydrogen) atoms. The molecular weight excluding hydrogens is 389 g/mol. The van der Waals surface area contributed by atoms with Gasteiger partial charge < -0.3 is 5.32 Å². The zero-order chi connectivity index (χ0) is 20.7. The average Bonchev–Trinajstić information content (AvgIpc) is 2.59. The van der Waals surface area contributed by atoms with Crippen molar-refractivity contribution in [2.75, 3.05) is 11.6 Å². The van der Waals surface area contributed by atoms with Gasteiger partial charge in [0.2, 0.25) is 0 Å². The number of fused-ring (bicyclic) bond motifs is 1. The first-order chi connectivity index (χ1) is 13.0. The van der Waals surface area contributed by atoms with Crippen LogP contribution in [-0.2, 0) is 22.6 Å². The van der Waals surface area contributed by atoms with Crippen molar-refractivity contribution in [2.45, 2.75) is 37.9 Å². The first-order valence-electron chi connectivity index (χ1n) is 8.70. The standard InChI is InChI=1S/C20H21F3N2O2S/c1-19(2)11-17(12-5-4-6-14(9-12)20(21,22)23)24-16-8-7-13(10-15(16)19)18(26)25-28(3)27/h4-10,17,24H,11H2,1-3H3,(H,25,26). The number of hydrogen-bond donors (Lipinski definition) is 2. The van der Waals surface area contributed by atoms with Crippen molar-refractivity contribution in [1.29, 1.82) is 0 Å². The highest BCUT2D eigenvalue weighted by atomic mass is 32.2. The lowest BCUT2D eigenvalue weighted by molar-refractivity contribution is -0.137. The Morgan fingerprint density at radius 3 is 2.57 bits per heavy atom. The molecule has 2 aromatic rings. The molecular formula is C20H21F3N2O2S. The van der Waals surface area contributed by atoms with Gasteiger partial charge in [0.15, 0.2) is 0 Å². The zero-order valence-corrected chi connectivity index (χ0v) is 16.5. The number of halogens is 3. The maximum absolute atomic E-state index is 13.1. The van der Waals surface area contributed by atoms with E-state index in [4.69, 9.17) is 0 Å². The zero-order valence-electron chi connectivity index (χ0n) is 15.7. The number of benzene rings is 2. The summed E-state index contributed by atoms with van der Waals surface area (Å²) >= 11 is 0. The molecule has 0 spiro atoms. The van der Waals surface area contributed by atoms with E-state index < -0.39 is 28.6 Å². The number of carbonyl (C=O) groups is 1. The molecule has 2 aromatic carbocycles. The Balaban J connectivity index is 1.94. The monoisotopic (exact) mass is 410 g/mol. The molecule has 2 N–H and O–H groups in total. The molecule has 1 amide bonds. The normalized spacial score (nSPS) is 19.3. The summed E-state index contributed by atoms with van der Waals surface area (Å²) in [5, 5.41) is 3.30. The molecule has 0 fully saturated rings. The van der Waals surface area contributed by atoms with E-state index in [1.165, 1.54) is 18.4 Å². The Labute approximate surface area is 164 Å². The predicted molar refractivity (Wildman–Crippen MR) is 103 cm³/mol. The van der Waals surface area contributed by atoms with Gasteiger partial charge in [0, 0.05) is 17.5 Å². The van der Waals surface area contributed by atoms with Gasteiger partial charge >= 0.3 is 6.18 Å². The summed E-state index contributed by atoms with van der Waals surface area (Å²) in [6.45, 7) is 3.99. The molecule has 1 aliphatic heterocycles. The van der Waals surface area contributed by atoms with E-state index in [0.717, 1.165) is 17.3 Å². The summed E-state index contributed by atoms with van der Waals surface area (Å²) in [4.78, 5) is 12.1. The highest BCUT2D eigenvalue weighted by Gasteiger charge is 2.36. The maximum Gasteiger partial charge on any atom is 0.416 e. The molecule has 3 rings (SSSR count). The molecule has 0 saturated heterocycles. The van der Waals surface area contributed by atoms with Crippen molar-refractivity contribution in [1.82, 2.24) is 4.72 Å². The molecule has 0 radical (unpaired) electrons. The van der Waals surface area contributed by atoms with Crippen LogP contribution < -0.4 is 10.0 Å². The summed E-state index contributed by atoms with van der Waals surface area (Å²) in [5.41, 5.74) is 1.58. The fourth-order valence-corrected chi connectivity index (χ4v) is 3.93. The van der Waals surface area contributed by atoms with Crippen LogP contribution in [0.1, 0.15) is 53.4 Å². The molecule has 150 valence electrons. The van der Waals surface area contributed by atoms with Gasteiger partial charge in [-0.15, -0.1) is 0 Å². The van der Waals surface area contributed by atoms with Gasteiger partial charge in [-0.2, -0.15) is 13.2 Å². The van der Waals surface area contributed by atoms with Crippen molar-refractivity contribution in [3.05, 3.63) is 64.7 Å². The van der Waals surface area contributed by atoms with E-state index >= 15 is 0 Å².